The molecule has 23 heavy (non-hydrogen) atoms. The van der Waals surface area contributed by atoms with Gasteiger partial charge in [0.05, 0.1) is 11.1 Å². The molecule has 2 aromatic heterocycles. The normalized spacial score (nSPS) is 10.5. The predicted octanol–water partition coefficient (Wildman–Crippen LogP) is 4.14. The first-order valence-electron chi connectivity index (χ1n) is 6.90. The maximum absolute atomic E-state index is 12.3. The second-order valence-electron chi connectivity index (χ2n) is 4.93. The van der Waals surface area contributed by atoms with Crippen LogP contribution in [0.25, 0.3) is 11.1 Å². The molecule has 0 unspecified atom stereocenters. The van der Waals surface area contributed by atoms with E-state index < -0.39 is 5.91 Å². The lowest BCUT2D eigenvalue weighted by Gasteiger charge is -2.06. The molecule has 0 spiro atoms. The van der Waals surface area contributed by atoms with Crippen LogP contribution in [0.15, 0.2) is 47.2 Å². The number of hydrogen-bond acceptors (Lipinski definition) is 4. The first kappa shape index (κ1) is 15.5. The van der Waals surface area contributed by atoms with Crippen LogP contribution >= 0.6 is 22.7 Å². The molecule has 116 valence electrons. The van der Waals surface area contributed by atoms with Gasteiger partial charge in [0.2, 0.25) is 0 Å². The van der Waals surface area contributed by atoms with Gasteiger partial charge in [0.25, 0.3) is 11.8 Å². The molecule has 3 rings (SSSR count). The van der Waals surface area contributed by atoms with Crippen LogP contribution in [0.5, 0.6) is 0 Å². The number of nitrogens with two attached hydrogens (primary N) is 1. The number of amides is 2. The van der Waals surface area contributed by atoms with E-state index in [1.165, 1.54) is 22.7 Å². The van der Waals surface area contributed by atoms with Gasteiger partial charge in [-0.05, 0) is 23.9 Å². The molecule has 0 atom stereocenters. The lowest BCUT2D eigenvalue weighted by atomic mass is 10.0. The number of primary amides is 1. The Bertz CT molecular complexity index is 852. The third-order valence-corrected chi connectivity index (χ3v) is 5.11. The van der Waals surface area contributed by atoms with Gasteiger partial charge in [0.15, 0.2) is 0 Å². The van der Waals surface area contributed by atoms with Crippen LogP contribution < -0.4 is 11.1 Å². The van der Waals surface area contributed by atoms with Crippen molar-refractivity contribution in [3.05, 3.63) is 63.2 Å². The number of benzene rings is 1. The van der Waals surface area contributed by atoms with E-state index in [9.17, 15) is 9.59 Å². The zero-order valence-electron chi connectivity index (χ0n) is 12.3. The molecule has 0 aliphatic carbocycles. The molecule has 1 aromatic carbocycles. The molecule has 4 nitrogen and oxygen atoms in total. The Kier molecular flexibility index (Phi) is 4.27. The fourth-order valence-electron chi connectivity index (χ4n) is 2.39. The summed E-state index contributed by atoms with van der Waals surface area (Å²) in [6.45, 7) is 1.92. The average Bonchev–Trinajstić information content (AvgIpc) is 3.16. The van der Waals surface area contributed by atoms with Crippen molar-refractivity contribution in [2.24, 2.45) is 5.73 Å². The summed E-state index contributed by atoms with van der Waals surface area (Å²) in [6, 6.07) is 11.3. The molecule has 2 heterocycles. The van der Waals surface area contributed by atoms with Crippen LogP contribution in [0.4, 0.5) is 5.00 Å². The quantitative estimate of drug-likeness (QED) is 0.748. The Labute approximate surface area is 141 Å². The summed E-state index contributed by atoms with van der Waals surface area (Å²) >= 11 is 2.81. The van der Waals surface area contributed by atoms with Gasteiger partial charge in [0.1, 0.15) is 5.00 Å². The first-order valence-corrected chi connectivity index (χ1v) is 8.66. The van der Waals surface area contributed by atoms with Crippen LogP contribution in [-0.2, 0) is 0 Å². The van der Waals surface area contributed by atoms with Crippen molar-refractivity contribution in [2.45, 2.75) is 6.92 Å². The third kappa shape index (κ3) is 3.04. The number of rotatable bonds is 4. The Morgan fingerprint density at radius 1 is 1.13 bits per heavy atom. The lowest BCUT2D eigenvalue weighted by molar-refractivity contribution is 0.100. The SMILES string of the molecule is Cc1sc(NC(=O)c2ccsc2)c(C(N)=O)c1-c1ccccc1. The number of carbonyl (C=O) groups excluding carboxylic acids is 2. The van der Waals surface area contributed by atoms with E-state index in [2.05, 4.69) is 5.32 Å². The Hall–Kier alpha value is -2.44. The van der Waals surface area contributed by atoms with E-state index in [-0.39, 0.29) is 5.91 Å². The van der Waals surface area contributed by atoms with Gasteiger partial charge < -0.3 is 11.1 Å². The van der Waals surface area contributed by atoms with E-state index in [0.29, 0.717) is 16.1 Å². The van der Waals surface area contributed by atoms with Crippen molar-refractivity contribution in [3.8, 4) is 11.1 Å². The monoisotopic (exact) mass is 342 g/mol. The molecule has 2 amide bonds. The van der Waals surface area contributed by atoms with Crippen molar-refractivity contribution in [2.75, 3.05) is 5.32 Å². The number of thiophene rings is 2. The van der Waals surface area contributed by atoms with Crippen LogP contribution in [0.2, 0.25) is 0 Å². The highest BCUT2D eigenvalue weighted by molar-refractivity contribution is 7.17. The highest BCUT2D eigenvalue weighted by Gasteiger charge is 2.23. The highest BCUT2D eigenvalue weighted by Crippen LogP contribution is 2.39. The first-order chi connectivity index (χ1) is 11.1. The minimum Gasteiger partial charge on any atom is -0.365 e. The summed E-state index contributed by atoms with van der Waals surface area (Å²) in [6.07, 6.45) is 0. The van der Waals surface area contributed by atoms with E-state index >= 15 is 0 Å². The Morgan fingerprint density at radius 2 is 1.87 bits per heavy atom. The maximum atomic E-state index is 12.3. The second-order valence-corrected chi connectivity index (χ2v) is 6.94. The molecule has 3 N–H and O–H groups in total. The zero-order valence-corrected chi connectivity index (χ0v) is 14.0. The van der Waals surface area contributed by atoms with Crippen molar-refractivity contribution in [3.63, 3.8) is 0 Å². The minimum absolute atomic E-state index is 0.241. The van der Waals surface area contributed by atoms with Crippen molar-refractivity contribution >= 4 is 39.5 Å². The molecule has 0 saturated heterocycles. The van der Waals surface area contributed by atoms with Crippen molar-refractivity contribution in [1.29, 1.82) is 0 Å². The molecule has 6 heteroatoms. The summed E-state index contributed by atoms with van der Waals surface area (Å²) in [7, 11) is 0. The molecule has 0 aliphatic rings. The van der Waals surface area contributed by atoms with Crippen molar-refractivity contribution in [1.82, 2.24) is 0 Å². The number of nitrogens with one attached hydrogen (secondary N) is 1. The van der Waals surface area contributed by atoms with Gasteiger partial charge in [0, 0.05) is 15.8 Å². The predicted molar refractivity (Wildman–Crippen MR) is 95.3 cm³/mol. The molecule has 0 radical (unpaired) electrons. The topological polar surface area (TPSA) is 72.2 Å². The maximum Gasteiger partial charge on any atom is 0.257 e. The summed E-state index contributed by atoms with van der Waals surface area (Å²) in [4.78, 5) is 25.2. The molecule has 0 bridgehead atoms. The third-order valence-electron chi connectivity index (χ3n) is 3.40. The standard InChI is InChI=1S/C17H14N2O2S2/c1-10-13(11-5-3-2-4-6-11)14(15(18)20)17(23-10)19-16(21)12-7-8-22-9-12/h2-9H,1H3,(H2,18,20)(H,19,21). The van der Waals surface area contributed by atoms with Crippen LogP contribution in [0, 0.1) is 6.92 Å². The van der Waals surface area contributed by atoms with Gasteiger partial charge in [-0.1, -0.05) is 30.3 Å². The van der Waals surface area contributed by atoms with Crippen molar-refractivity contribution < 1.29 is 9.59 Å². The summed E-state index contributed by atoms with van der Waals surface area (Å²) in [5, 5.41) is 6.90. The van der Waals surface area contributed by atoms with Gasteiger partial charge in [-0.25, -0.2) is 0 Å². The fourth-order valence-corrected chi connectivity index (χ4v) is 4.10. The van der Waals surface area contributed by atoms with Gasteiger partial charge in [-0.15, -0.1) is 11.3 Å². The highest BCUT2D eigenvalue weighted by atomic mass is 32.1. The Morgan fingerprint density at radius 3 is 2.48 bits per heavy atom. The second kappa shape index (κ2) is 6.36. The minimum atomic E-state index is -0.547. The zero-order chi connectivity index (χ0) is 16.4. The average molecular weight is 342 g/mol. The fraction of sp³-hybridized carbons (Fsp3) is 0.0588. The number of carbonyl (C=O) groups is 2. The molecule has 0 saturated carbocycles. The lowest BCUT2D eigenvalue weighted by Crippen LogP contribution is -2.17. The van der Waals surface area contributed by atoms with Gasteiger partial charge >= 0.3 is 0 Å². The number of anilines is 1. The molecule has 3 aromatic rings. The summed E-state index contributed by atoms with van der Waals surface area (Å²) < 4.78 is 0. The summed E-state index contributed by atoms with van der Waals surface area (Å²) in [5.74, 6) is -0.788. The Balaban J connectivity index is 2.05. The number of hydrogen-bond donors (Lipinski definition) is 2. The molecular weight excluding hydrogens is 328 g/mol. The van der Waals surface area contributed by atoms with E-state index in [1.54, 1.807) is 11.4 Å². The van der Waals surface area contributed by atoms with Crippen LogP contribution in [-0.4, -0.2) is 11.8 Å². The molecule has 0 aliphatic heterocycles. The largest absolute Gasteiger partial charge is 0.365 e. The van der Waals surface area contributed by atoms with E-state index in [4.69, 9.17) is 5.73 Å². The van der Waals surface area contributed by atoms with Gasteiger partial charge in [-0.2, -0.15) is 11.3 Å². The van der Waals surface area contributed by atoms with Gasteiger partial charge in [-0.3, -0.25) is 9.59 Å². The van der Waals surface area contributed by atoms with E-state index in [0.717, 1.165) is 16.0 Å². The van der Waals surface area contributed by atoms with Crippen LogP contribution in [0.3, 0.4) is 0 Å². The summed E-state index contributed by atoms with van der Waals surface area (Å²) in [5.41, 5.74) is 8.20. The molecule has 0 fully saturated rings. The smallest absolute Gasteiger partial charge is 0.257 e. The van der Waals surface area contributed by atoms with Crippen LogP contribution in [0.1, 0.15) is 25.6 Å². The molecular formula is C17H14N2O2S2. The van der Waals surface area contributed by atoms with E-state index in [1.807, 2.05) is 42.6 Å². The number of aryl methyl sites for hydroxylation is 1.